The van der Waals surface area contributed by atoms with Crippen LogP contribution in [0.2, 0.25) is 0 Å². The first-order chi connectivity index (χ1) is 7.33. The van der Waals surface area contributed by atoms with Crippen molar-refractivity contribution in [1.29, 1.82) is 0 Å². The molecule has 0 atom stereocenters. The third kappa shape index (κ3) is 5.74. The third-order valence-corrected chi connectivity index (χ3v) is 2.85. The molecule has 0 aromatic carbocycles. The highest BCUT2D eigenvalue weighted by Crippen LogP contribution is 2.10. The van der Waals surface area contributed by atoms with Crippen molar-refractivity contribution in [1.82, 2.24) is 15.3 Å². The van der Waals surface area contributed by atoms with Crippen LogP contribution in [-0.2, 0) is 0 Å². The molecule has 0 aliphatic rings. The van der Waals surface area contributed by atoms with Crippen molar-refractivity contribution in [2.75, 3.05) is 18.8 Å². The number of hydrogen-bond acceptors (Lipinski definition) is 4. The molecule has 0 aliphatic carbocycles. The molecule has 0 saturated carbocycles. The Kier molecular flexibility index (Phi) is 6.36. The van der Waals surface area contributed by atoms with Gasteiger partial charge in [0, 0.05) is 24.2 Å². The van der Waals surface area contributed by atoms with Gasteiger partial charge in [0.05, 0.1) is 0 Å². The second-order valence-corrected chi connectivity index (χ2v) is 4.49. The zero-order valence-corrected chi connectivity index (χ0v) is 10.3. The van der Waals surface area contributed by atoms with Gasteiger partial charge in [-0.2, -0.15) is 0 Å². The van der Waals surface area contributed by atoms with Crippen molar-refractivity contribution in [3.05, 3.63) is 18.0 Å². The van der Waals surface area contributed by atoms with Crippen molar-refractivity contribution in [2.45, 2.75) is 31.8 Å². The predicted octanol–water partition coefficient (Wildman–Crippen LogP) is 2.27. The first-order valence-electron chi connectivity index (χ1n) is 5.46. The van der Waals surface area contributed by atoms with E-state index in [0.29, 0.717) is 0 Å². The van der Waals surface area contributed by atoms with E-state index in [4.69, 9.17) is 0 Å². The highest BCUT2D eigenvalue weighted by atomic mass is 32.2. The molecule has 1 rings (SSSR count). The van der Waals surface area contributed by atoms with Gasteiger partial charge in [-0.15, -0.1) is 0 Å². The van der Waals surface area contributed by atoms with Gasteiger partial charge >= 0.3 is 0 Å². The fourth-order valence-corrected chi connectivity index (χ4v) is 1.91. The van der Waals surface area contributed by atoms with E-state index in [9.17, 15) is 0 Å². The topological polar surface area (TPSA) is 37.8 Å². The summed E-state index contributed by atoms with van der Waals surface area (Å²) < 4.78 is 0. The lowest BCUT2D eigenvalue weighted by Crippen LogP contribution is -2.18. The molecule has 15 heavy (non-hydrogen) atoms. The lowest BCUT2D eigenvalue weighted by molar-refractivity contribution is 0.666. The molecule has 0 bridgehead atoms. The van der Waals surface area contributed by atoms with Crippen LogP contribution in [-0.4, -0.2) is 28.8 Å². The number of nitrogens with one attached hydrogen (secondary N) is 1. The molecule has 0 aliphatic heterocycles. The molecule has 0 unspecified atom stereocenters. The number of aryl methyl sites for hydroxylation is 1. The summed E-state index contributed by atoms with van der Waals surface area (Å²) in [5, 5.41) is 4.28. The average Bonchev–Trinajstić information content (AvgIpc) is 2.23. The molecule has 4 heteroatoms. The molecule has 3 nitrogen and oxygen atoms in total. The summed E-state index contributed by atoms with van der Waals surface area (Å²) in [5.41, 5.74) is 1.03. The standard InChI is InChI=1S/C11H19N3S/c1-3-4-6-12-8-9-15-11-13-7-5-10(2)14-11/h5,7,12H,3-4,6,8-9H2,1-2H3. The minimum absolute atomic E-state index is 0.882. The lowest BCUT2D eigenvalue weighted by atomic mass is 10.3. The average molecular weight is 225 g/mol. The van der Waals surface area contributed by atoms with Crippen LogP contribution in [0.5, 0.6) is 0 Å². The van der Waals surface area contributed by atoms with E-state index in [-0.39, 0.29) is 0 Å². The highest BCUT2D eigenvalue weighted by molar-refractivity contribution is 7.99. The molecule has 1 heterocycles. The summed E-state index contributed by atoms with van der Waals surface area (Å²) in [7, 11) is 0. The molecule has 0 fully saturated rings. The summed E-state index contributed by atoms with van der Waals surface area (Å²) in [6.45, 7) is 6.34. The zero-order valence-electron chi connectivity index (χ0n) is 9.49. The van der Waals surface area contributed by atoms with Gasteiger partial charge in [0.15, 0.2) is 5.16 Å². The van der Waals surface area contributed by atoms with Gasteiger partial charge < -0.3 is 5.32 Å². The van der Waals surface area contributed by atoms with Crippen LogP contribution in [0.15, 0.2) is 17.4 Å². The van der Waals surface area contributed by atoms with Crippen molar-refractivity contribution in [3.8, 4) is 0 Å². The smallest absolute Gasteiger partial charge is 0.187 e. The van der Waals surface area contributed by atoms with E-state index in [1.54, 1.807) is 11.8 Å². The molecule has 1 N–H and O–H groups in total. The van der Waals surface area contributed by atoms with E-state index in [1.807, 2.05) is 19.2 Å². The van der Waals surface area contributed by atoms with E-state index < -0.39 is 0 Å². The van der Waals surface area contributed by atoms with Gasteiger partial charge in [-0.25, -0.2) is 9.97 Å². The van der Waals surface area contributed by atoms with Gasteiger partial charge in [-0.1, -0.05) is 25.1 Å². The maximum absolute atomic E-state index is 4.33. The fourth-order valence-electron chi connectivity index (χ4n) is 1.14. The summed E-state index contributed by atoms with van der Waals surface area (Å²) >= 11 is 1.71. The van der Waals surface area contributed by atoms with Crippen molar-refractivity contribution >= 4 is 11.8 Å². The van der Waals surface area contributed by atoms with E-state index in [1.165, 1.54) is 12.8 Å². The van der Waals surface area contributed by atoms with Gasteiger partial charge in [0.1, 0.15) is 0 Å². The summed E-state index contributed by atoms with van der Waals surface area (Å²) in [6.07, 6.45) is 4.32. The maximum Gasteiger partial charge on any atom is 0.187 e. The van der Waals surface area contributed by atoms with Gasteiger partial charge in [-0.05, 0) is 26.0 Å². The third-order valence-electron chi connectivity index (χ3n) is 1.99. The van der Waals surface area contributed by atoms with Crippen molar-refractivity contribution in [3.63, 3.8) is 0 Å². The number of thioether (sulfide) groups is 1. The molecule has 84 valence electrons. The SMILES string of the molecule is CCCCNCCSc1nccc(C)n1. The predicted molar refractivity (Wildman–Crippen MR) is 65.3 cm³/mol. The van der Waals surface area contributed by atoms with E-state index >= 15 is 0 Å². The summed E-state index contributed by atoms with van der Waals surface area (Å²) in [4.78, 5) is 8.53. The highest BCUT2D eigenvalue weighted by Gasteiger charge is 1.96. The normalized spacial score (nSPS) is 10.5. The fraction of sp³-hybridized carbons (Fsp3) is 0.636. The minimum Gasteiger partial charge on any atom is -0.316 e. The Hall–Kier alpha value is -0.610. The minimum atomic E-state index is 0.882. The van der Waals surface area contributed by atoms with Crippen molar-refractivity contribution < 1.29 is 0 Å². The van der Waals surface area contributed by atoms with Crippen LogP contribution in [0.25, 0.3) is 0 Å². The molecule has 0 radical (unpaired) electrons. The van der Waals surface area contributed by atoms with Crippen LogP contribution in [0.4, 0.5) is 0 Å². The molecule has 0 amide bonds. The second kappa shape index (κ2) is 7.65. The Bertz CT molecular complexity index is 278. The van der Waals surface area contributed by atoms with E-state index in [0.717, 1.165) is 29.7 Å². The Morgan fingerprint density at radius 3 is 3.00 bits per heavy atom. The largest absolute Gasteiger partial charge is 0.316 e. The van der Waals surface area contributed by atoms with Crippen LogP contribution in [0.1, 0.15) is 25.5 Å². The lowest BCUT2D eigenvalue weighted by Gasteiger charge is -2.03. The quantitative estimate of drug-likeness (QED) is 0.439. The first-order valence-corrected chi connectivity index (χ1v) is 6.44. The van der Waals surface area contributed by atoms with Crippen LogP contribution >= 0.6 is 11.8 Å². The second-order valence-electron chi connectivity index (χ2n) is 3.43. The molecular formula is C11H19N3S. The van der Waals surface area contributed by atoms with Crippen LogP contribution < -0.4 is 5.32 Å². The van der Waals surface area contributed by atoms with Gasteiger partial charge in [-0.3, -0.25) is 0 Å². The van der Waals surface area contributed by atoms with E-state index in [2.05, 4.69) is 22.2 Å². The molecule has 1 aromatic rings. The molecule has 1 aromatic heterocycles. The maximum atomic E-state index is 4.33. The Balaban J connectivity index is 2.10. The van der Waals surface area contributed by atoms with Gasteiger partial charge in [0.2, 0.25) is 0 Å². The summed E-state index contributed by atoms with van der Waals surface area (Å²) in [6, 6.07) is 1.92. The van der Waals surface area contributed by atoms with Crippen LogP contribution in [0.3, 0.4) is 0 Å². The summed E-state index contributed by atoms with van der Waals surface area (Å²) in [5.74, 6) is 1.03. The number of unbranched alkanes of at least 4 members (excludes halogenated alkanes) is 1. The zero-order chi connectivity index (χ0) is 10.9. The van der Waals surface area contributed by atoms with Crippen molar-refractivity contribution in [2.24, 2.45) is 0 Å². The molecule has 0 spiro atoms. The monoisotopic (exact) mass is 225 g/mol. The van der Waals surface area contributed by atoms with Gasteiger partial charge in [0.25, 0.3) is 0 Å². The Morgan fingerprint density at radius 1 is 1.40 bits per heavy atom. The number of rotatable bonds is 7. The molecule has 0 saturated heterocycles. The Morgan fingerprint density at radius 2 is 2.27 bits per heavy atom. The number of aromatic nitrogens is 2. The number of hydrogen-bond donors (Lipinski definition) is 1. The number of nitrogens with zero attached hydrogens (tertiary/aromatic N) is 2. The molecular weight excluding hydrogens is 206 g/mol. The Labute approximate surface area is 96.1 Å². The first kappa shape index (κ1) is 12.5. The van der Waals surface area contributed by atoms with Crippen LogP contribution in [0, 0.1) is 6.92 Å².